The lowest BCUT2D eigenvalue weighted by molar-refractivity contribution is -0.148. The summed E-state index contributed by atoms with van der Waals surface area (Å²) in [6, 6.07) is 2.38. The van der Waals surface area contributed by atoms with Crippen LogP contribution in [0.5, 0.6) is 5.75 Å². The van der Waals surface area contributed by atoms with E-state index in [0.717, 1.165) is 19.3 Å². The van der Waals surface area contributed by atoms with E-state index >= 15 is 0 Å². The Morgan fingerprint density at radius 3 is 1.84 bits per heavy atom. The van der Waals surface area contributed by atoms with Crippen LogP contribution in [0.25, 0.3) is 0 Å². The molecule has 13 heteroatoms. The second kappa shape index (κ2) is 24.4. The molecule has 2 fully saturated rings. The second-order valence-electron chi connectivity index (χ2n) is 15.7. The quantitative estimate of drug-likeness (QED) is 0.0838. The number of carboxylic acids is 1. The van der Waals surface area contributed by atoms with Crippen molar-refractivity contribution in [2.24, 2.45) is 5.92 Å². The fourth-order valence-electron chi connectivity index (χ4n) is 7.62. The van der Waals surface area contributed by atoms with Crippen LogP contribution in [0.15, 0.2) is 24.3 Å². The van der Waals surface area contributed by atoms with Gasteiger partial charge in [0.25, 0.3) is 0 Å². The number of hydrogen-bond acceptors (Lipinski definition) is 7. The van der Waals surface area contributed by atoms with Crippen molar-refractivity contribution in [3.05, 3.63) is 29.8 Å². The Kier molecular flexibility index (Phi) is 20.0. The summed E-state index contributed by atoms with van der Waals surface area (Å²) < 4.78 is 0. The summed E-state index contributed by atoms with van der Waals surface area (Å²) in [5.41, 5.74) is 0.598. The third kappa shape index (κ3) is 15.5. The maximum Gasteiger partial charge on any atom is 0.326 e. The Balaban J connectivity index is 1.43. The number of phenolic OH excluding ortho intramolecular Hbond substituents is 1. The fourth-order valence-corrected chi connectivity index (χ4v) is 7.62. The SMILES string of the molecule is CCCCCCCCCCCCCCCC(=O)NC(C(=O)N1CCC[C@H]1C(=O)N1CCC[C@H]1C(=O)NCC(=O)N[C@@H](Cc1ccc(O)cc1)C(=O)O)C(C)C. The smallest absolute Gasteiger partial charge is 0.326 e. The molecule has 55 heavy (non-hydrogen) atoms. The highest BCUT2D eigenvalue weighted by Gasteiger charge is 2.44. The van der Waals surface area contributed by atoms with E-state index in [1.54, 1.807) is 17.0 Å². The summed E-state index contributed by atoms with van der Waals surface area (Å²) in [7, 11) is 0. The van der Waals surface area contributed by atoms with Gasteiger partial charge in [-0.3, -0.25) is 24.0 Å². The molecule has 1 unspecified atom stereocenters. The van der Waals surface area contributed by atoms with Crippen molar-refractivity contribution in [1.29, 1.82) is 0 Å². The van der Waals surface area contributed by atoms with Gasteiger partial charge in [0, 0.05) is 25.9 Å². The predicted octanol–water partition coefficient (Wildman–Crippen LogP) is 5.22. The van der Waals surface area contributed by atoms with E-state index in [4.69, 9.17) is 0 Å². The van der Waals surface area contributed by atoms with E-state index in [2.05, 4.69) is 22.9 Å². The lowest BCUT2D eigenvalue weighted by atomic mass is 10.0. The molecule has 0 saturated carbocycles. The van der Waals surface area contributed by atoms with Crippen LogP contribution in [0.3, 0.4) is 0 Å². The summed E-state index contributed by atoms with van der Waals surface area (Å²) in [5.74, 6) is -3.39. The molecule has 1 aromatic carbocycles. The van der Waals surface area contributed by atoms with Gasteiger partial charge in [0.05, 0.1) is 6.54 Å². The van der Waals surface area contributed by atoms with E-state index in [9.17, 15) is 39.0 Å². The number of phenols is 1. The summed E-state index contributed by atoms with van der Waals surface area (Å²) in [6.07, 6.45) is 18.2. The Morgan fingerprint density at radius 2 is 1.27 bits per heavy atom. The molecule has 2 heterocycles. The summed E-state index contributed by atoms with van der Waals surface area (Å²) >= 11 is 0. The first-order valence-electron chi connectivity index (χ1n) is 20.9. The molecule has 3 rings (SSSR count). The van der Waals surface area contributed by atoms with Gasteiger partial charge >= 0.3 is 5.97 Å². The van der Waals surface area contributed by atoms with Crippen molar-refractivity contribution in [1.82, 2.24) is 25.8 Å². The van der Waals surface area contributed by atoms with Crippen LogP contribution in [0.4, 0.5) is 0 Å². The van der Waals surface area contributed by atoms with Crippen molar-refractivity contribution < 1.29 is 39.0 Å². The third-order valence-electron chi connectivity index (χ3n) is 10.8. The molecule has 5 amide bonds. The maximum atomic E-state index is 13.9. The molecule has 1 aromatic rings. The highest BCUT2D eigenvalue weighted by atomic mass is 16.4. The number of aromatic hydroxyl groups is 1. The Labute approximate surface area is 327 Å². The second-order valence-corrected chi connectivity index (χ2v) is 15.7. The first-order valence-corrected chi connectivity index (χ1v) is 20.9. The topological polar surface area (TPSA) is 185 Å². The number of hydrogen-bond donors (Lipinski definition) is 5. The zero-order chi connectivity index (χ0) is 40.2. The van der Waals surface area contributed by atoms with Crippen LogP contribution >= 0.6 is 0 Å². The maximum absolute atomic E-state index is 13.9. The normalized spacial score (nSPS) is 17.9. The lowest BCUT2D eigenvalue weighted by Crippen LogP contribution is -2.57. The van der Waals surface area contributed by atoms with E-state index in [1.807, 2.05) is 13.8 Å². The first-order chi connectivity index (χ1) is 26.4. The van der Waals surface area contributed by atoms with Crippen molar-refractivity contribution in [3.63, 3.8) is 0 Å². The molecule has 0 spiro atoms. The molecule has 0 bridgehead atoms. The molecular weight excluding hydrogens is 702 g/mol. The van der Waals surface area contributed by atoms with Crippen molar-refractivity contribution in [2.45, 2.75) is 167 Å². The molecule has 0 radical (unpaired) electrons. The lowest BCUT2D eigenvalue weighted by Gasteiger charge is -2.33. The first kappa shape index (κ1) is 45.2. The number of carbonyl (C=O) groups excluding carboxylic acids is 5. The highest BCUT2D eigenvalue weighted by molar-refractivity contribution is 5.96. The van der Waals surface area contributed by atoms with Crippen LogP contribution in [-0.2, 0) is 35.2 Å². The minimum atomic E-state index is -1.25. The van der Waals surface area contributed by atoms with Crippen LogP contribution < -0.4 is 16.0 Å². The number of aliphatic carboxylic acids is 1. The van der Waals surface area contributed by atoms with Gasteiger partial charge in [0.2, 0.25) is 29.5 Å². The van der Waals surface area contributed by atoms with Gasteiger partial charge in [-0.2, -0.15) is 0 Å². The zero-order valence-corrected chi connectivity index (χ0v) is 33.5. The summed E-state index contributed by atoms with van der Waals surface area (Å²) in [6.45, 7) is 6.24. The van der Waals surface area contributed by atoms with Crippen molar-refractivity contribution in [2.75, 3.05) is 19.6 Å². The number of nitrogens with one attached hydrogen (secondary N) is 3. The molecule has 2 saturated heterocycles. The summed E-state index contributed by atoms with van der Waals surface area (Å²) in [5, 5.41) is 27.0. The van der Waals surface area contributed by atoms with E-state index < -0.39 is 48.5 Å². The van der Waals surface area contributed by atoms with Gasteiger partial charge in [-0.1, -0.05) is 110 Å². The summed E-state index contributed by atoms with van der Waals surface area (Å²) in [4.78, 5) is 81.4. The fraction of sp³-hybridized carbons (Fsp3) is 0.714. The van der Waals surface area contributed by atoms with Crippen molar-refractivity contribution >= 4 is 35.5 Å². The van der Waals surface area contributed by atoms with Crippen LogP contribution in [0, 0.1) is 5.92 Å². The van der Waals surface area contributed by atoms with E-state index in [-0.39, 0.29) is 35.8 Å². The molecule has 13 nitrogen and oxygen atoms in total. The standard InChI is InChI=1S/C42H67N5O8/c1-4-5-6-7-8-9-10-11-12-13-14-15-16-21-36(49)45-38(30(2)3)41(53)47-27-18-20-35(47)40(52)46-26-17-19-34(46)39(51)43-29-37(50)44-33(42(54)55)28-31-22-24-32(48)25-23-31/h22-25,30,33-35,38,48H,4-21,26-29H2,1-3H3,(H,43,51)(H,44,50)(H,45,49)(H,54,55)/t33-,34-,35-,38?/m0/s1. The molecule has 2 aliphatic heterocycles. The van der Waals surface area contributed by atoms with Gasteiger partial charge in [0.1, 0.15) is 29.9 Å². The van der Waals surface area contributed by atoms with Gasteiger partial charge in [-0.05, 0) is 55.7 Å². The van der Waals surface area contributed by atoms with E-state index in [0.29, 0.717) is 50.8 Å². The number of benzene rings is 1. The monoisotopic (exact) mass is 769 g/mol. The number of likely N-dealkylation sites (tertiary alicyclic amines) is 2. The minimum Gasteiger partial charge on any atom is -0.508 e. The molecule has 308 valence electrons. The van der Waals surface area contributed by atoms with E-state index in [1.165, 1.54) is 81.2 Å². The Bertz CT molecular complexity index is 1390. The highest BCUT2D eigenvalue weighted by Crippen LogP contribution is 2.26. The molecule has 5 N–H and O–H groups in total. The number of unbranched alkanes of at least 4 members (excludes halogenated alkanes) is 12. The molecule has 0 aliphatic carbocycles. The van der Waals surface area contributed by atoms with Gasteiger partial charge in [-0.25, -0.2) is 4.79 Å². The number of amides is 5. The van der Waals surface area contributed by atoms with Crippen LogP contribution in [-0.4, -0.2) is 99.3 Å². The Morgan fingerprint density at radius 1 is 0.727 bits per heavy atom. The molecule has 4 atom stereocenters. The third-order valence-corrected chi connectivity index (χ3v) is 10.8. The van der Waals surface area contributed by atoms with Crippen LogP contribution in [0.2, 0.25) is 0 Å². The van der Waals surface area contributed by atoms with Gasteiger partial charge in [0.15, 0.2) is 0 Å². The zero-order valence-electron chi connectivity index (χ0n) is 33.5. The molecular formula is C42H67N5O8. The number of carbonyl (C=O) groups is 6. The number of carboxylic acid groups (broad SMARTS) is 1. The van der Waals surface area contributed by atoms with Gasteiger partial charge < -0.3 is 36.0 Å². The minimum absolute atomic E-state index is 0.0162. The average molecular weight is 770 g/mol. The molecule has 0 aromatic heterocycles. The average Bonchev–Trinajstić information content (AvgIpc) is 3.86. The van der Waals surface area contributed by atoms with Gasteiger partial charge in [-0.15, -0.1) is 0 Å². The number of rotatable bonds is 25. The largest absolute Gasteiger partial charge is 0.508 e. The molecule has 2 aliphatic rings. The van der Waals surface area contributed by atoms with Crippen LogP contribution in [0.1, 0.15) is 142 Å². The predicted molar refractivity (Wildman–Crippen MR) is 211 cm³/mol. The van der Waals surface area contributed by atoms with Crippen molar-refractivity contribution in [3.8, 4) is 5.75 Å². The number of nitrogens with zero attached hydrogens (tertiary/aromatic N) is 2. The Hall–Kier alpha value is -4.16.